The van der Waals surface area contributed by atoms with Crippen molar-refractivity contribution >= 4 is 11.8 Å². The molecular weight excluding hydrogens is 246 g/mol. The quantitative estimate of drug-likeness (QED) is 0.824. The first-order valence-corrected chi connectivity index (χ1v) is 7.44. The van der Waals surface area contributed by atoms with Crippen molar-refractivity contribution in [2.75, 3.05) is 33.3 Å². The van der Waals surface area contributed by atoms with E-state index in [1.165, 1.54) is 5.56 Å². The fourth-order valence-electron chi connectivity index (χ4n) is 2.15. The number of ether oxygens (including phenoxy) is 2. The molecule has 0 spiro atoms. The zero-order valence-corrected chi connectivity index (χ0v) is 12.6. The van der Waals surface area contributed by atoms with E-state index in [1.807, 2.05) is 24.9 Å². The molecule has 1 aromatic rings. The van der Waals surface area contributed by atoms with Crippen molar-refractivity contribution in [3.63, 3.8) is 0 Å². The Labute approximate surface area is 114 Å². The van der Waals surface area contributed by atoms with E-state index in [-0.39, 0.29) is 0 Å². The summed E-state index contributed by atoms with van der Waals surface area (Å²) >= 11 is 1.87. The molecule has 0 heterocycles. The largest absolute Gasteiger partial charge is 0.497 e. The molecule has 0 saturated carbocycles. The molecule has 2 atom stereocenters. The lowest BCUT2D eigenvalue weighted by molar-refractivity contribution is 0.387. The maximum atomic E-state index is 5.32. The Kier molecular flexibility index (Phi) is 6.36. The van der Waals surface area contributed by atoms with E-state index in [1.54, 1.807) is 14.2 Å². The van der Waals surface area contributed by atoms with Gasteiger partial charge in [-0.1, -0.05) is 6.92 Å². The molecule has 18 heavy (non-hydrogen) atoms. The van der Waals surface area contributed by atoms with Gasteiger partial charge in [-0.05, 0) is 42.7 Å². The minimum Gasteiger partial charge on any atom is -0.497 e. The Morgan fingerprint density at radius 3 is 2.11 bits per heavy atom. The van der Waals surface area contributed by atoms with Crippen LogP contribution in [-0.4, -0.2) is 33.3 Å². The van der Waals surface area contributed by atoms with Crippen molar-refractivity contribution in [1.82, 2.24) is 5.32 Å². The molecule has 0 amide bonds. The van der Waals surface area contributed by atoms with Crippen LogP contribution >= 0.6 is 11.8 Å². The number of nitrogens with one attached hydrogen (secondary N) is 1. The van der Waals surface area contributed by atoms with Gasteiger partial charge in [0, 0.05) is 12.1 Å². The van der Waals surface area contributed by atoms with E-state index >= 15 is 0 Å². The molecule has 0 aliphatic carbocycles. The number of hydrogen-bond donors (Lipinski definition) is 1. The minimum absolute atomic E-state index is 0.307. The lowest BCUT2D eigenvalue weighted by Gasteiger charge is -2.24. The van der Waals surface area contributed by atoms with Crippen molar-refractivity contribution in [3.8, 4) is 11.5 Å². The van der Waals surface area contributed by atoms with E-state index in [4.69, 9.17) is 9.47 Å². The Balaban J connectivity index is 3.03. The third kappa shape index (κ3) is 3.82. The molecule has 0 bridgehead atoms. The van der Waals surface area contributed by atoms with Crippen LogP contribution in [0, 0.1) is 5.92 Å². The Bertz CT molecular complexity index is 349. The molecule has 0 radical (unpaired) electrons. The summed E-state index contributed by atoms with van der Waals surface area (Å²) in [5, 5.41) is 3.38. The van der Waals surface area contributed by atoms with Crippen LogP contribution in [-0.2, 0) is 0 Å². The van der Waals surface area contributed by atoms with Crippen LogP contribution in [0.3, 0.4) is 0 Å². The highest BCUT2D eigenvalue weighted by atomic mass is 32.2. The van der Waals surface area contributed by atoms with Gasteiger partial charge in [0.25, 0.3) is 0 Å². The number of hydrogen-bond acceptors (Lipinski definition) is 4. The van der Waals surface area contributed by atoms with Crippen molar-refractivity contribution in [2.24, 2.45) is 5.92 Å². The summed E-state index contributed by atoms with van der Waals surface area (Å²) in [4.78, 5) is 0. The summed E-state index contributed by atoms with van der Waals surface area (Å²) in [6, 6.07) is 6.35. The molecule has 0 saturated heterocycles. The molecule has 0 aromatic heterocycles. The van der Waals surface area contributed by atoms with Crippen molar-refractivity contribution in [1.29, 1.82) is 0 Å². The van der Waals surface area contributed by atoms with Crippen LogP contribution in [0.1, 0.15) is 18.5 Å². The third-order valence-electron chi connectivity index (χ3n) is 3.04. The molecule has 2 unspecified atom stereocenters. The van der Waals surface area contributed by atoms with Crippen LogP contribution in [0.4, 0.5) is 0 Å². The van der Waals surface area contributed by atoms with Gasteiger partial charge in [0.15, 0.2) is 0 Å². The lowest BCUT2D eigenvalue weighted by Crippen LogP contribution is -2.25. The van der Waals surface area contributed by atoms with Crippen LogP contribution in [0.25, 0.3) is 0 Å². The van der Waals surface area contributed by atoms with Gasteiger partial charge < -0.3 is 14.8 Å². The molecule has 0 fully saturated rings. The van der Waals surface area contributed by atoms with Crippen LogP contribution in [0.15, 0.2) is 18.2 Å². The highest BCUT2D eigenvalue weighted by Gasteiger charge is 2.18. The molecule has 3 nitrogen and oxygen atoms in total. The second-order valence-corrected chi connectivity index (χ2v) is 5.26. The smallest absolute Gasteiger partial charge is 0.122 e. The lowest BCUT2D eigenvalue weighted by atomic mass is 9.95. The number of rotatable bonds is 7. The number of benzene rings is 1. The predicted octanol–water partition coefficient (Wildman–Crippen LogP) is 2.96. The second-order valence-electron chi connectivity index (χ2n) is 4.34. The van der Waals surface area contributed by atoms with Gasteiger partial charge in [0.1, 0.15) is 11.5 Å². The Morgan fingerprint density at radius 2 is 1.72 bits per heavy atom. The van der Waals surface area contributed by atoms with E-state index in [2.05, 4.69) is 30.6 Å². The molecule has 0 aliphatic heterocycles. The fourth-order valence-corrected chi connectivity index (χ4v) is 2.87. The zero-order chi connectivity index (χ0) is 13.5. The van der Waals surface area contributed by atoms with Gasteiger partial charge in [-0.2, -0.15) is 11.8 Å². The first kappa shape index (κ1) is 15.2. The van der Waals surface area contributed by atoms with Gasteiger partial charge >= 0.3 is 0 Å². The van der Waals surface area contributed by atoms with E-state index in [9.17, 15) is 0 Å². The average molecular weight is 269 g/mol. The maximum Gasteiger partial charge on any atom is 0.122 e. The highest BCUT2D eigenvalue weighted by molar-refractivity contribution is 7.98. The number of thioether (sulfide) groups is 1. The van der Waals surface area contributed by atoms with Crippen molar-refractivity contribution in [2.45, 2.75) is 13.0 Å². The molecule has 1 aromatic carbocycles. The van der Waals surface area contributed by atoms with Crippen molar-refractivity contribution in [3.05, 3.63) is 23.8 Å². The first-order valence-electron chi connectivity index (χ1n) is 6.05. The van der Waals surface area contributed by atoms with E-state index in [0.29, 0.717) is 12.0 Å². The van der Waals surface area contributed by atoms with E-state index in [0.717, 1.165) is 17.3 Å². The fraction of sp³-hybridized carbons (Fsp3) is 0.571. The van der Waals surface area contributed by atoms with Crippen LogP contribution < -0.4 is 14.8 Å². The summed E-state index contributed by atoms with van der Waals surface area (Å²) in [6.45, 7) is 2.25. The SMILES string of the molecule is CNC(c1cc(OC)cc(OC)c1)C(C)CSC. The molecular formula is C14H23NO2S. The third-order valence-corrected chi connectivity index (χ3v) is 3.90. The van der Waals surface area contributed by atoms with Crippen LogP contribution in [0.2, 0.25) is 0 Å². The second kappa shape index (κ2) is 7.54. The standard InChI is InChI=1S/C14H23NO2S/c1-10(9-18-5)14(15-2)11-6-12(16-3)8-13(7-11)17-4/h6-8,10,14-15H,9H2,1-5H3. The van der Waals surface area contributed by atoms with Gasteiger partial charge in [-0.15, -0.1) is 0 Å². The summed E-state index contributed by atoms with van der Waals surface area (Å²) in [7, 11) is 5.35. The molecule has 1 N–H and O–H groups in total. The molecule has 1 rings (SSSR count). The van der Waals surface area contributed by atoms with Crippen LogP contribution in [0.5, 0.6) is 11.5 Å². The number of methoxy groups -OCH3 is 2. The van der Waals surface area contributed by atoms with Gasteiger partial charge in [0.05, 0.1) is 14.2 Å². The summed E-state index contributed by atoms with van der Waals surface area (Å²) in [6.07, 6.45) is 2.13. The summed E-state index contributed by atoms with van der Waals surface area (Å²) in [5.41, 5.74) is 1.20. The van der Waals surface area contributed by atoms with Gasteiger partial charge in [-0.3, -0.25) is 0 Å². The summed E-state index contributed by atoms with van der Waals surface area (Å²) in [5.74, 6) is 3.33. The monoisotopic (exact) mass is 269 g/mol. The molecule has 4 heteroatoms. The highest BCUT2D eigenvalue weighted by Crippen LogP contribution is 2.30. The van der Waals surface area contributed by atoms with Gasteiger partial charge in [0.2, 0.25) is 0 Å². The average Bonchev–Trinajstić information content (AvgIpc) is 2.39. The topological polar surface area (TPSA) is 30.5 Å². The van der Waals surface area contributed by atoms with Crippen molar-refractivity contribution < 1.29 is 9.47 Å². The zero-order valence-electron chi connectivity index (χ0n) is 11.8. The molecule has 0 aliphatic rings. The summed E-state index contributed by atoms with van der Waals surface area (Å²) < 4.78 is 10.6. The Morgan fingerprint density at radius 1 is 1.17 bits per heavy atom. The Hall–Kier alpha value is -0.870. The van der Waals surface area contributed by atoms with Gasteiger partial charge in [-0.25, -0.2) is 0 Å². The molecule has 102 valence electrons. The normalized spacial score (nSPS) is 14.1. The maximum absolute atomic E-state index is 5.32. The first-order chi connectivity index (χ1) is 8.65. The predicted molar refractivity (Wildman–Crippen MR) is 78.9 cm³/mol. The minimum atomic E-state index is 0.307. The van der Waals surface area contributed by atoms with E-state index < -0.39 is 0 Å².